The van der Waals surface area contributed by atoms with Gasteiger partial charge < -0.3 is 4.74 Å². The molecule has 0 aliphatic carbocycles. The molecule has 0 saturated carbocycles. The molecule has 13 heavy (non-hydrogen) atoms. The van der Waals surface area contributed by atoms with Crippen LogP contribution in [0.25, 0.3) is 0 Å². The van der Waals surface area contributed by atoms with E-state index in [0.29, 0.717) is 16.9 Å². The molecule has 0 atom stereocenters. The SMILES string of the molecule is COc1cc(C#N)ccc1CN=O. The molecule has 0 unspecified atom stereocenters. The molecule has 1 aromatic carbocycles. The van der Waals surface area contributed by atoms with Gasteiger partial charge in [0, 0.05) is 5.56 Å². The number of nitrogens with zero attached hydrogens (tertiary/aromatic N) is 2. The third-order valence-electron chi connectivity index (χ3n) is 1.65. The molecule has 0 amide bonds. The molecule has 0 radical (unpaired) electrons. The zero-order valence-corrected chi connectivity index (χ0v) is 7.15. The fraction of sp³-hybridized carbons (Fsp3) is 0.222. The van der Waals surface area contributed by atoms with Crippen molar-refractivity contribution in [3.8, 4) is 11.8 Å². The molecule has 0 heterocycles. The Balaban J connectivity index is 3.09. The first-order chi connectivity index (χ1) is 6.31. The molecule has 0 spiro atoms. The molecular weight excluding hydrogens is 168 g/mol. The number of benzene rings is 1. The van der Waals surface area contributed by atoms with Crippen molar-refractivity contribution in [2.75, 3.05) is 7.11 Å². The number of nitriles is 1. The summed E-state index contributed by atoms with van der Waals surface area (Å²) in [5.74, 6) is 0.527. The van der Waals surface area contributed by atoms with Gasteiger partial charge in [-0.15, -0.1) is 0 Å². The standard InChI is InChI=1S/C9H8N2O2/c1-13-9-4-7(5-10)2-3-8(9)6-11-12/h2-4H,6H2,1H3. The van der Waals surface area contributed by atoms with E-state index in [1.807, 2.05) is 6.07 Å². The van der Waals surface area contributed by atoms with Gasteiger partial charge in [0.1, 0.15) is 12.3 Å². The van der Waals surface area contributed by atoms with Gasteiger partial charge >= 0.3 is 0 Å². The lowest BCUT2D eigenvalue weighted by molar-refractivity contribution is 0.409. The Morgan fingerprint density at radius 2 is 2.38 bits per heavy atom. The summed E-state index contributed by atoms with van der Waals surface area (Å²) < 4.78 is 4.99. The Kier molecular flexibility index (Phi) is 2.98. The number of nitroso groups, excluding NO2 is 1. The smallest absolute Gasteiger partial charge is 0.125 e. The van der Waals surface area contributed by atoms with Gasteiger partial charge in [0.05, 0.1) is 18.7 Å². The number of rotatable bonds is 3. The van der Waals surface area contributed by atoms with Crippen LogP contribution in [0.4, 0.5) is 0 Å². The lowest BCUT2D eigenvalue weighted by Crippen LogP contribution is -1.91. The minimum atomic E-state index is 0.0644. The van der Waals surface area contributed by atoms with Crippen LogP contribution in [0.1, 0.15) is 11.1 Å². The van der Waals surface area contributed by atoms with Crippen LogP contribution in [-0.2, 0) is 6.54 Å². The summed E-state index contributed by atoms with van der Waals surface area (Å²) in [7, 11) is 1.49. The van der Waals surface area contributed by atoms with Gasteiger partial charge in [-0.1, -0.05) is 11.2 Å². The molecule has 4 heteroatoms. The van der Waals surface area contributed by atoms with Crippen molar-refractivity contribution in [2.24, 2.45) is 5.18 Å². The van der Waals surface area contributed by atoms with Gasteiger partial charge in [0.25, 0.3) is 0 Å². The Morgan fingerprint density at radius 3 is 2.92 bits per heavy atom. The second-order valence-corrected chi connectivity index (χ2v) is 2.43. The van der Waals surface area contributed by atoms with E-state index >= 15 is 0 Å². The molecule has 1 rings (SSSR count). The van der Waals surface area contributed by atoms with Crippen LogP contribution in [0.15, 0.2) is 23.4 Å². The van der Waals surface area contributed by atoms with Crippen LogP contribution in [0.5, 0.6) is 5.75 Å². The summed E-state index contributed by atoms with van der Waals surface area (Å²) in [6.45, 7) is 0.0644. The molecule has 1 aromatic rings. The van der Waals surface area contributed by atoms with Crippen LogP contribution in [0.2, 0.25) is 0 Å². The summed E-state index contributed by atoms with van der Waals surface area (Å²) >= 11 is 0. The van der Waals surface area contributed by atoms with Gasteiger partial charge in [0.2, 0.25) is 0 Å². The molecule has 0 saturated heterocycles. The highest BCUT2D eigenvalue weighted by Gasteiger charge is 2.03. The Morgan fingerprint density at radius 1 is 1.62 bits per heavy atom. The molecule has 0 fully saturated rings. The van der Waals surface area contributed by atoms with Crippen molar-refractivity contribution < 1.29 is 4.74 Å². The van der Waals surface area contributed by atoms with Crippen molar-refractivity contribution in [3.63, 3.8) is 0 Å². The first-order valence-corrected chi connectivity index (χ1v) is 3.68. The predicted molar refractivity (Wildman–Crippen MR) is 47.2 cm³/mol. The van der Waals surface area contributed by atoms with E-state index in [1.54, 1.807) is 18.2 Å². The minimum Gasteiger partial charge on any atom is -0.496 e. The molecule has 0 N–H and O–H groups in total. The fourth-order valence-corrected chi connectivity index (χ4v) is 1.01. The topological polar surface area (TPSA) is 62.4 Å². The zero-order chi connectivity index (χ0) is 9.68. The molecule has 66 valence electrons. The number of hydrogen-bond donors (Lipinski definition) is 0. The molecular formula is C9H8N2O2. The lowest BCUT2D eigenvalue weighted by Gasteiger charge is -2.04. The molecule has 0 aliphatic rings. The monoisotopic (exact) mass is 176 g/mol. The van der Waals surface area contributed by atoms with E-state index in [0.717, 1.165) is 0 Å². The normalized spacial score (nSPS) is 8.92. The highest BCUT2D eigenvalue weighted by molar-refractivity contribution is 5.42. The van der Waals surface area contributed by atoms with Crippen LogP contribution in [-0.4, -0.2) is 7.11 Å². The highest BCUT2D eigenvalue weighted by Crippen LogP contribution is 2.20. The van der Waals surface area contributed by atoms with Gasteiger partial charge in [-0.3, -0.25) is 0 Å². The largest absolute Gasteiger partial charge is 0.496 e. The van der Waals surface area contributed by atoms with Crippen molar-refractivity contribution >= 4 is 0 Å². The van der Waals surface area contributed by atoms with Gasteiger partial charge in [-0.05, 0) is 12.1 Å². The predicted octanol–water partition coefficient (Wildman–Crippen LogP) is 1.83. The van der Waals surface area contributed by atoms with Crippen molar-refractivity contribution in [1.29, 1.82) is 5.26 Å². The van der Waals surface area contributed by atoms with Gasteiger partial charge in [0.15, 0.2) is 0 Å². The van der Waals surface area contributed by atoms with Crippen LogP contribution >= 0.6 is 0 Å². The minimum absolute atomic E-state index is 0.0644. The van der Waals surface area contributed by atoms with Gasteiger partial charge in [-0.2, -0.15) is 10.2 Å². The van der Waals surface area contributed by atoms with Crippen molar-refractivity contribution in [3.05, 3.63) is 34.2 Å². The summed E-state index contributed by atoms with van der Waals surface area (Å²) in [6.07, 6.45) is 0. The third-order valence-corrected chi connectivity index (χ3v) is 1.65. The highest BCUT2D eigenvalue weighted by atomic mass is 16.5. The molecule has 0 aliphatic heterocycles. The first-order valence-electron chi connectivity index (χ1n) is 3.68. The fourth-order valence-electron chi connectivity index (χ4n) is 1.01. The van der Waals surface area contributed by atoms with Gasteiger partial charge in [-0.25, -0.2) is 0 Å². The van der Waals surface area contributed by atoms with E-state index in [2.05, 4.69) is 5.18 Å². The summed E-state index contributed by atoms with van der Waals surface area (Å²) in [4.78, 5) is 10.0. The summed E-state index contributed by atoms with van der Waals surface area (Å²) in [5.41, 5.74) is 1.20. The Bertz CT molecular complexity index is 355. The Labute approximate surface area is 75.7 Å². The van der Waals surface area contributed by atoms with E-state index in [4.69, 9.17) is 10.00 Å². The number of hydrogen-bond acceptors (Lipinski definition) is 4. The third kappa shape index (κ3) is 2.03. The second kappa shape index (κ2) is 4.21. The van der Waals surface area contributed by atoms with Crippen LogP contribution < -0.4 is 4.74 Å². The van der Waals surface area contributed by atoms with E-state index in [1.165, 1.54) is 7.11 Å². The average Bonchev–Trinajstić information content (AvgIpc) is 2.19. The first kappa shape index (κ1) is 9.20. The maximum Gasteiger partial charge on any atom is 0.125 e. The average molecular weight is 176 g/mol. The summed E-state index contributed by atoms with van der Waals surface area (Å²) in [6, 6.07) is 6.86. The zero-order valence-electron chi connectivity index (χ0n) is 7.15. The second-order valence-electron chi connectivity index (χ2n) is 2.43. The molecule has 0 aromatic heterocycles. The number of methoxy groups -OCH3 is 1. The van der Waals surface area contributed by atoms with E-state index in [-0.39, 0.29) is 6.54 Å². The van der Waals surface area contributed by atoms with Crippen LogP contribution in [0.3, 0.4) is 0 Å². The van der Waals surface area contributed by atoms with Crippen LogP contribution in [0, 0.1) is 16.2 Å². The van der Waals surface area contributed by atoms with Crippen molar-refractivity contribution in [2.45, 2.75) is 6.54 Å². The molecule has 4 nitrogen and oxygen atoms in total. The Hall–Kier alpha value is -1.89. The summed E-state index contributed by atoms with van der Waals surface area (Å²) in [5, 5.41) is 11.3. The quantitative estimate of drug-likeness (QED) is 0.660. The lowest BCUT2D eigenvalue weighted by atomic mass is 10.1. The van der Waals surface area contributed by atoms with E-state index in [9.17, 15) is 4.91 Å². The van der Waals surface area contributed by atoms with E-state index < -0.39 is 0 Å². The maximum absolute atomic E-state index is 10.0. The molecule has 0 bridgehead atoms. The number of ether oxygens (including phenoxy) is 1. The van der Waals surface area contributed by atoms with Crippen molar-refractivity contribution in [1.82, 2.24) is 0 Å². The maximum atomic E-state index is 10.0.